The van der Waals surface area contributed by atoms with Gasteiger partial charge in [0, 0.05) is 17.2 Å². The maximum Gasteiger partial charge on any atom is 0.213 e. The first kappa shape index (κ1) is 12.6. The maximum atomic E-state index is 5.13. The summed E-state index contributed by atoms with van der Waals surface area (Å²) in [5.41, 5.74) is 2.81. The van der Waals surface area contributed by atoms with Crippen LogP contribution in [0.2, 0.25) is 0 Å². The summed E-state index contributed by atoms with van der Waals surface area (Å²) in [6.45, 7) is 6.45. The second-order valence-electron chi connectivity index (χ2n) is 5.22. The van der Waals surface area contributed by atoms with E-state index in [0.717, 1.165) is 17.1 Å². The molecule has 0 amide bonds. The Kier molecular flexibility index (Phi) is 3.32. The molecule has 18 heavy (non-hydrogen) atoms. The van der Waals surface area contributed by atoms with Gasteiger partial charge in [0.1, 0.15) is 0 Å². The quantitative estimate of drug-likeness (QED) is 0.809. The predicted octanol–water partition coefficient (Wildman–Crippen LogP) is 3.45. The summed E-state index contributed by atoms with van der Waals surface area (Å²) in [6.07, 6.45) is 0. The van der Waals surface area contributed by atoms with Crippen molar-refractivity contribution in [2.45, 2.75) is 26.2 Å². The van der Waals surface area contributed by atoms with Crippen LogP contribution in [0.15, 0.2) is 36.4 Å². The molecule has 2 aromatic rings. The number of pyridine rings is 2. The third-order valence-electron chi connectivity index (χ3n) is 2.71. The van der Waals surface area contributed by atoms with Crippen molar-refractivity contribution in [3.8, 4) is 17.3 Å². The van der Waals surface area contributed by atoms with Crippen LogP contribution in [0.1, 0.15) is 26.5 Å². The first-order valence-electron chi connectivity index (χ1n) is 5.99. The van der Waals surface area contributed by atoms with Gasteiger partial charge in [-0.1, -0.05) is 32.9 Å². The number of ether oxygens (including phenoxy) is 1. The fourth-order valence-corrected chi connectivity index (χ4v) is 1.67. The molecular formula is C15H18N2O. The van der Waals surface area contributed by atoms with Gasteiger partial charge >= 0.3 is 0 Å². The molecule has 0 unspecified atom stereocenters. The van der Waals surface area contributed by atoms with Gasteiger partial charge < -0.3 is 4.74 Å². The van der Waals surface area contributed by atoms with Gasteiger partial charge in [-0.3, -0.25) is 4.98 Å². The van der Waals surface area contributed by atoms with Gasteiger partial charge in [0.2, 0.25) is 5.88 Å². The minimum Gasteiger partial charge on any atom is -0.481 e. The van der Waals surface area contributed by atoms with Crippen molar-refractivity contribution < 1.29 is 4.74 Å². The smallest absolute Gasteiger partial charge is 0.213 e. The highest BCUT2D eigenvalue weighted by molar-refractivity contribution is 5.55. The minimum atomic E-state index is 0.0366. The van der Waals surface area contributed by atoms with Crippen LogP contribution < -0.4 is 4.74 Å². The molecule has 0 aliphatic carbocycles. The minimum absolute atomic E-state index is 0.0366. The van der Waals surface area contributed by atoms with E-state index in [9.17, 15) is 0 Å². The summed E-state index contributed by atoms with van der Waals surface area (Å²) >= 11 is 0. The molecule has 0 saturated heterocycles. The summed E-state index contributed by atoms with van der Waals surface area (Å²) in [4.78, 5) is 9.07. The summed E-state index contributed by atoms with van der Waals surface area (Å²) < 4.78 is 5.13. The van der Waals surface area contributed by atoms with Gasteiger partial charge in [-0.2, -0.15) is 0 Å². The Bertz CT molecular complexity index is 544. The van der Waals surface area contributed by atoms with E-state index in [1.807, 2.05) is 36.4 Å². The molecule has 0 aromatic carbocycles. The van der Waals surface area contributed by atoms with Crippen molar-refractivity contribution in [3.63, 3.8) is 0 Å². The van der Waals surface area contributed by atoms with Crippen LogP contribution in [0.5, 0.6) is 5.88 Å². The lowest BCUT2D eigenvalue weighted by molar-refractivity contribution is 0.398. The van der Waals surface area contributed by atoms with E-state index in [-0.39, 0.29) is 5.41 Å². The lowest BCUT2D eigenvalue weighted by atomic mass is 9.91. The zero-order chi connectivity index (χ0) is 13.2. The van der Waals surface area contributed by atoms with Gasteiger partial charge in [-0.05, 0) is 18.2 Å². The molecule has 94 valence electrons. The molecule has 0 aliphatic rings. The Hall–Kier alpha value is -1.90. The molecule has 2 rings (SSSR count). The Morgan fingerprint density at radius 1 is 0.889 bits per heavy atom. The lowest BCUT2D eigenvalue weighted by Crippen LogP contribution is -2.13. The van der Waals surface area contributed by atoms with Crippen molar-refractivity contribution in [3.05, 3.63) is 42.1 Å². The average molecular weight is 242 g/mol. The molecule has 0 bridgehead atoms. The summed E-state index contributed by atoms with van der Waals surface area (Å²) in [5, 5.41) is 0. The number of hydrogen-bond donors (Lipinski definition) is 0. The molecule has 0 aliphatic heterocycles. The topological polar surface area (TPSA) is 35.0 Å². The van der Waals surface area contributed by atoms with E-state index in [4.69, 9.17) is 4.74 Å². The third-order valence-corrected chi connectivity index (χ3v) is 2.71. The zero-order valence-electron chi connectivity index (χ0n) is 11.3. The number of aromatic nitrogens is 2. The Morgan fingerprint density at radius 2 is 1.50 bits per heavy atom. The first-order chi connectivity index (χ1) is 8.50. The molecule has 2 aromatic heterocycles. The fourth-order valence-electron chi connectivity index (χ4n) is 1.67. The summed E-state index contributed by atoms with van der Waals surface area (Å²) in [5.74, 6) is 0.607. The molecule has 0 saturated carbocycles. The lowest BCUT2D eigenvalue weighted by Gasteiger charge is -2.18. The van der Waals surface area contributed by atoms with E-state index >= 15 is 0 Å². The fraction of sp³-hybridized carbons (Fsp3) is 0.333. The highest BCUT2D eigenvalue weighted by Crippen LogP contribution is 2.24. The highest BCUT2D eigenvalue weighted by atomic mass is 16.5. The largest absolute Gasteiger partial charge is 0.481 e. The Labute approximate surface area is 108 Å². The van der Waals surface area contributed by atoms with Crippen LogP contribution in [0.3, 0.4) is 0 Å². The van der Waals surface area contributed by atoms with Crippen LogP contribution in [0.4, 0.5) is 0 Å². The van der Waals surface area contributed by atoms with Crippen molar-refractivity contribution in [1.29, 1.82) is 0 Å². The maximum absolute atomic E-state index is 5.13. The van der Waals surface area contributed by atoms with Crippen LogP contribution in [0, 0.1) is 0 Å². The summed E-state index contributed by atoms with van der Waals surface area (Å²) in [7, 11) is 1.62. The molecule has 0 spiro atoms. The SMILES string of the molecule is COc1cccc(-c2cccc(C(C)(C)C)n2)n1. The van der Waals surface area contributed by atoms with Crippen molar-refractivity contribution in [2.24, 2.45) is 0 Å². The first-order valence-corrected chi connectivity index (χ1v) is 5.99. The van der Waals surface area contributed by atoms with Crippen molar-refractivity contribution in [2.75, 3.05) is 7.11 Å². The van der Waals surface area contributed by atoms with Crippen LogP contribution in [-0.2, 0) is 5.41 Å². The second kappa shape index (κ2) is 4.77. The molecule has 0 atom stereocenters. The molecule has 3 heteroatoms. The van der Waals surface area contributed by atoms with Gasteiger partial charge in [0.05, 0.1) is 18.5 Å². The normalized spacial score (nSPS) is 11.3. The molecule has 0 N–H and O–H groups in total. The molecule has 2 heterocycles. The predicted molar refractivity (Wildman–Crippen MR) is 72.7 cm³/mol. The number of hydrogen-bond acceptors (Lipinski definition) is 3. The van der Waals surface area contributed by atoms with Gasteiger partial charge in [-0.25, -0.2) is 4.98 Å². The monoisotopic (exact) mass is 242 g/mol. The number of rotatable bonds is 2. The average Bonchev–Trinajstić information content (AvgIpc) is 2.38. The molecule has 0 fully saturated rings. The van der Waals surface area contributed by atoms with Gasteiger partial charge in [0.15, 0.2) is 0 Å². The molecule has 0 radical (unpaired) electrons. The standard InChI is InChI=1S/C15H18N2O/c1-15(2,3)13-9-5-7-11(16-13)12-8-6-10-14(17-12)18-4/h5-10H,1-4H3. The molecule has 3 nitrogen and oxygen atoms in total. The van der Waals surface area contributed by atoms with Crippen LogP contribution >= 0.6 is 0 Å². The van der Waals surface area contributed by atoms with E-state index in [1.165, 1.54) is 0 Å². The van der Waals surface area contributed by atoms with E-state index < -0.39 is 0 Å². The van der Waals surface area contributed by atoms with Crippen molar-refractivity contribution in [1.82, 2.24) is 9.97 Å². The van der Waals surface area contributed by atoms with Crippen LogP contribution in [-0.4, -0.2) is 17.1 Å². The van der Waals surface area contributed by atoms with E-state index in [0.29, 0.717) is 5.88 Å². The zero-order valence-corrected chi connectivity index (χ0v) is 11.3. The third kappa shape index (κ3) is 2.67. The van der Waals surface area contributed by atoms with Gasteiger partial charge in [0.25, 0.3) is 0 Å². The molecular weight excluding hydrogens is 224 g/mol. The van der Waals surface area contributed by atoms with Crippen molar-refractivity contribution >= 4 is 0 Å². The van der Waals surface area contributed by atoms with Crippen LogP contribution in [0.25, 0.3) is 11.4 Å². The number of methoxy groups -OCH3 is 1. The summed E-state index contributed by atoms with van der Waals surface area (Å²) in [6, 6.07) is 11.7. The number of nitrogens with zero attached hydrogens (tertiary/aromatic N) is 2. The Balaban J connectivity index is 2.44. The highest BCUT2D eigenvalue weighted by Gasteiger charge is 2.16. The van der Waals surface area contributed by atoms with E-state index in [2.05, 4.69) is 30.7 Å². The van der Waals surface area contributed by atoms with E-state index in [1.54, 1.807) is 7.11 Å². The van der Waals surface area contributed by atoms with Gasteiger partial charge in [-0.15, -0.1) is 0 Å². The second-order valence-corrected chi connectivity index (χ2v) is 5.22. The Morgan fingerprint density at radius 3 is 2.11 bits per heavy atom.